The van der Waals surface area contributed by atoms with Crippen molar-refractivity contribution in [3.8, 4) is 11.5 Å². The van der Waals surface area contributed by atoms with Gasteiger partial charge in [-0.1, -0.05) is 0 Å². The smallest absolute Gasteiger partial charge is 0.410 e. The molecule has 0 unspecified atom stereocenters. The van der Waals surface area contributed by atoms with Crippen molar-refractivity contribution in [2.24, 2.45) is 5.92 Å². The zero-order valence-electron chi connectivity index (χ0n) is 20.0. The van der Waals surface area contributed by atoms with E-state index in [0.717, 1.165) is 12.8 Å². The van der Waals surface area contributed by atoms with Gasteiger partial charge >= 0.3 is 16.3 Å². The molecule has 0 bridgehead atoms. The van der Waals surface area contributed by atoms with E-state index < -0.39 is 51.6 Å². The third kappa shape index (κ3) is 5.56. The molecular formula is C22H31FN4O7S. The number of carbonyl (C=O) groups excluding carboxylic acids is 2. The summed E-state index contributed by atoms with van der Waals surface area (Å²) in [5, 5.41) is 13.6. The summed E-state index contributed by atoms with van der Waals surface area (Å²) >= 11 is 0. The number of fused-ring (bicyclic) bond motifs is 1. The second kappa shape index (κ2) is 9.34. The van der Waals surface area contributed by atoms with Gasteiger partial charge in [0, 0.05) is 37.7 Å². The number of ether oxygens (including phenoxy) is 2. The highest BCUT2D eigenvalue weighted by atomic mass is 32.2. The second-order valence-electron chi connectivity index (χ2n) is 10.1. The van der Waals surface area contributed by atoms with Crippen molar-refractivity contribution >= 4 is 27.9 Å². The van der Waals surface area contributed by atoms with Crippen LogP contribution in [0.25, 0.3) is 0 Å². The average Bonchev–Trinajstić information content (AvgIpc) is 3.26. The van der Waals surface area contributed by atoms with Gasteiger partial charge in [-0.3, -0.25) is 4.79 Å². The number of amides is 2. The first-order chi connectivity index (χ1) is 16.3. The lowest BCUT2D eigenvalue weighted by molar-refractivity contribution is -0.117. The quantitative estimate of drug-likeness (QED) is 0.534. The lowest BCUT2D eigenvalue weighted by atomic mass is 9.97. The average molecular weight is 515 g/mol. The van der Waals surface area contributed by atoms with Crippen LogP contribution in [0, 0.1) is 11.7 Å². The van der Waals surface area contributed by atoms with Crippen molar-refractivity contribution in [2.45, 2.75) is 51.7 Å². The van der Waals surface area contributed by atoms with E-state index >= 15 is 4.39 Å². The molecule has 2 amide bonds. The number of likely N-dealkylation sites (tertiary alicyclic amines) is 1. The Hall–Kier alpha value is -2.80. The van der Waals surface area contributed by atoms with Crippen LogP contribution in [0.4, 0.5) is 14.9 Å². The lowest BCUT2D eigenvalue weighted by Crippen LogP contribution is -2.43. The minimum Gasteiger partial charge on any atom is -0.505 e. The minimum atomic E-state index is -4.26. The van der Waals surface area contributed by atoms with E-state index in [9.17, 15) is 23.1 Å². The number of benzene rings is 1. The Morgan fingerprint density at radius 1 is 1.31 bits per heavy atom. The van der Waals surface area contributed by atoms with Crippen molar-refractivity contribution in [2.75, 3.05) is 37.0 Å². The Bertz CT molecular complexity index is 1110. The van der Waals surface area contributed by atoms with Crippen LogP contribution in [0.15, 0.2) is 6.07 Å². The summed E-state index contributed by atoms with van der Waals surface area (Å²) in [6.07, 6.45) is 1.16. The molecule has 4 rings (SSSR count). The Labute approximate surface area is 203 Å². The maximum Gasteiger partial charge on any atom is 0.410 e. The van der Waals surface area contributed by atoms with Gasteiger partial charge in [-0.05, 0) is 46.1 Å². The van der Waals surface area contributed by atoms with Gasteiger partial charge in [0.05, 0.1) is 0 Å². The molecule has 0 saturated carbocycles. The lowest BCUT2D eigenvalue weighted by Gasteiger charge is -2.33. The van der Waals surface area contributed by atoms with Gasteiger partial charge in [-0.2, -0.15) is 8.42 Å². The predicted octanol–water partition coefficient (Wildman–Crippen LogP) is 1.25. The molecule has 3 aliphatic rings. The molecule has 3 aliphatic heterocycles. The molecule has 1 aromatic carbocycles. The monoisotopic (exact) mass is 514 g/mol. The molecule has 0 aromatic heterocycles. The van der Waals surface area contributed by atoms with E-state index in [1.807, 2.05) is 20.8 Å². The molecule has 35 heavy (non-hydrogen) atoms. The molecule has 13 heteroatoms. The fourth-order valence-corrected chi connectivity index (χ4v) is 5.64. The molecular weight excluding hydrogens is 483 g/mol. The number of phenolic OH excluding ortho intramolecular Hbond substituents is 1. The highest BCUT2D eigenvalue weighted by Crippen LogP contribution is 2.43. The van der Waals surface area contributed by atoms with Crippen LogP contribution in [-0.4, -0.2) is 74.9 Å². The molecule has 11 nitrogen and oxygen atoms in total. The van der Waals surface area contributed by atoms with E-state index in [0.29, 0.717) is 36.4 Å². The molecule has 3 heterocycles. The summed E-state index contributed by atoms with van der Waals surface area (Å²) in [7, 11) is -4.26. The number of carbonyl (C=O) groups is 2. The molecule has 3 N–H and O–H groups in total. The van der Waals surface area contributed by atoms with Crippen molar-refractivity contribution in [1.29, 1.82) is 0 Å². The number of hydrogen-bond donors (Lipinski definition) is 3. The Morgan fingerprint density at radius 3 is 2.60 bits per heavy atom. The van der Waals surface area contributed by atoms with E-state index in [2.05, 4.69) is 5.32 Å². The van der Waals surface area contributed by atoms with Gasteiger partial charge in [-0.25, -0.2) is 18.2 Å². The first-order valence-corrected chi connectivity index (χ1v) is 13.0. The zero-order valence-corrected chi connectivity index (χ0v) is 20.8. The van der Waals surface area contributed by atoms with Crippen LogP contribution in [0.1, 0.15) is 39.2 Å². The molecule has 2 fully saturated rings. The van der Waals surface area contributed by atoms with Gasteiger partial charge in [0.1, 0.15) is 35.4 Å². The van der Waals surface area contributed by atoms with Crippen LogP contribution in [0.2, 0.25) is 0 Å². The topological polar surface area (TPSA) is 138 Å². The number of rotatable bonds is 5. The third-order valence-electron chi connectivity index (χ3n) is 6.15. The molecule has 0 spiro atoms. The number of nitrogens with one attached hydrogen (secondary N) is 2. The minimum absolute atomic E-state index is 0.150. The number of piperidine rings is 1. The molecule has 0 radical (unpaired) electrons. The van der Waals surface area contributed by atoms with Gasteiger partial charge in [0.15, 0.2) is 5.82 Å². The number of aromatic hydroxyl groups is 1. The van der Waals surface area contributed by atoms with Crippen molar-refractivity contribution in [1.82, 2.24) is 14.9 Å². The van der Waals surface area contributed by atoms with Crippen molar-refractivity contribution in [3.63, 3.8) is 0 Å². The zero-order chi connectivity index (χ0) is 25.5. The van der Waals surface area contributed by atoms with Crippen LogP contribution in [0.3, 0.4) is 0 Å². The number of phenols is 1. The normalized spacial score (nSPS) is 22.1. The van der Waals surface area contributed by atoms with E-state index in [-0.39, 0.29) is 23.8 Å². The molecule has 1 aromatic rings. The number of nitrogens with zero attached hydrogens (tertiary/aromatic N) is 2. The third-order valence-corrected chi connectivity index (χ3v) is 7.52. The summed E-state index contributed by atoms with van der Waals surface area (Å²) in [5.74, 6) is -1.82. The standard InChI is InChI=1S/C22H31FN4O7S/c1-22(2,3)34-21(30)26-6-4-13(5-7-26)10-24-11-14-8-15-17(33-14)9-16(28)20(19(15)23)27-12-18(29)25-35(27,31)32/h9,13-14,24,28H,4-8,10-12H2,1-3H3,(H,25,29)/t14-/m1/s1. The summed E-state index contributed by atoms with van der Waals surface area (Å²) in [6.45, 7) is 7.29. The van der Waals surface area contributed by atoms with Crippen molar-refractivity contribution < 1.29 is 37.0 Å². The van der Waals surface area contributed by atoms with Crippen LogP contribution in [-0.2, 0) is 26.2 Å². The van der Waals surface area contributed by atoms with E-state index in [1.165, 1.54) is 6.07 Å². The van der Waals surface area contributed by atoms with Crippen LogP contribution < -0.4 is 19.1 Å². The van der Waals surface area contributed by atoms with E-state index in [1.54, 1.807) is 9.62 Å². The highest BCUT2D eigenvalue weighted by molar-refractivity contribution is 7.92. The fraction of sp³-hybridized carbons (Fsp3) is 0.636. The maximum atomic E-state index is 15.2. The second-order valence-corrected chi connectivity index (χ2v) is 11.7. The number of halogens is 1. The summed E-state index contributed by atoms with van der Waals surface area (Å²) in [6, 6.07) is 1.18. The number of hydrogen-bond acceptors (Lipinski definition) is 8. The SMILES string of the molecule is CC(C)(C)OC(=O)N1CCC(CNC[C@H]2Cc3c(cc(O)c(N4CC(=O)NS4(=O)=O)c3F)O2)CC1. The molecule has 1 atom stereocenters. The highest BCUT2D eigenvalue weighted by Gasteiger charge is 2.40. The van der Waals surface area contributed by atoms with Crippen LogP contribution >= 0.6 is 0 Å². The van der Waals surface area contributed by atoms with Gasteiger partial charge in [0.2, 0.25) is 0 Å². The van der Waals surface area contributed by atoms with Crippen LogP contribution in [0.5, 0.6) is 11.5 Å². The Kier molecular flexibility index (Phi) is 6.75. The molecule has 194 valence electrons. The van der Waals surface area contributed by atoms with Gasteiger partial charge in [-0.15, -0.1) is 0 Å². The largest absolute Gasteiger partial charge is 0.505 e. The Balaban J connectivity index is 1.29. The van der Waals surface area contributed by atoms with Crippen molar-refractivity contribution in [3.05, 3.63) is 17.4 Å². The summed E-state index contributed by atoms with van der Waals surface area (Å²) in [4.78, 5) is 25.4. The fourth-order valence-electron chi connectivity index (χ4n) is 4.48. The first kappa shape index (κ1) is 25.3. The summed E-state index contributed by atoms with van der Waals surface area (Å²) < 4.78 is 52.9. The number of anilines is 1. The van der Waals surface area contributed by atoms with Gasteiger partial charge < -0.3 is 24.8 Å². The first-order valence-electron chi connectivity index (χ1n) is 11.6. The summed E-state index contributed by atoms with van der Waals surface area (Å²) in [5.41, 5.74) is -0.927. The molecule has 0 aliphatic carbocycles. The van der Waals surface area contributed by atoms with Gasteiger partial charge in [0.25, 0.3) is 5.91 Å². The maximum absolute atomic E-state index is 15.2. The predicted molar refractivity (Wildman–Crippen MR) is 124 cm³/mol. The Morgan fingerprint density at radius 2 is 2.00 bits per heavy atom. The molecule has 2 saturated heterocycles. The van der Waals surface area contributed by atoms with E-state index in [4.69, 9.17) is 9.47 Å².